The molecule has 0 spiro atoms. The molecule has 0 radical (unpaired) electrons. The predicted octanol–water partition coefficient (Wildman–Crippen LogP) is 9.30. The summed E-state index contributed by atoms with van der Waals surface area (Å²) in [5.74, 6) is 5.84. The van der Waals surface area contributed by atoms with Crippen LogP contribution in [0.2, 0.25) is 0 Å². The molecule has 0 aromatic heterocycles. The molecule has 4 aliphatic rings. The van der Waals surface area contributed by atoms with E-state index in [0.29, 0.717) is 10.8 Å². The van der Waals surface area contributed by atoms with Gasteiger partial charge in [0.05, 0.1) is 0 Å². The Morgan fingerprint density at radius 2 is 1.61 bits per heavy atom. The molecule has 8 atom stereocenters. The second-order valence-corrected chi connectivity index (χ2v) is 10.7. The van der Waals surface area contributed by atoms with Crippen LogP contribution in [-0.4, -0.2) is 0 Å². The summed E-state index contributed by atoms with van der Waals surface area (Å²) in [6.45, 7) is 20.7. The topological polar surface area (TPSA) is 0 Å². The monoisotopic (exact) mass is 388 g/mol. The van der Waals surface area contributed by atoms with Crippen LogP contribution < -0.4 is 0 Å². The second-order valence-electron chi connectivity index (χ2n) is 10.7. The lowest BCUT2D eigenvalue weighted by molar-refractivity contribution is -0.0599. The third-order valence-electron chi connectivity index (χ3n) is 9.74. The molecule has 4 aliphatic carbocycles. The van der Waals surface area contributed by atoms with Crippen molar-refractivity contribution in [3.63, 3.8) is 0 Å². The Labute approximate surface area is 178 Å². The van der Waals surface area contributed by atoms with Gasteiger partial charge in [0.2, 0.25) is 0 Å². The first-order chi connectivity index (χ1) is 13.4. The van der Waals surface area contributed by atoms with Gasteiger partial charge >= 0.3 is 0 Å². The van der Waals surface area contributed by atoms with E-state index in [1.54, 1.807) is 0 Å². The first-order valence-electron chi connectivity index (χ1n) is 13.1. The molecule has 4 rings (SSSR count). The van der Waals surface area contributed by atoms with Gasteiger partial charge in [0.15, 0.2) is 0 Å². The minimum absolute atomic E-state index is 0.561. The van der Waals surface area contributed by atoms with Crippen molar-refractivity contribution in [1.82, 2.24) is 0 Å². The third-order valence-corrected chi connectivity index (χ3v) is 9.74. The van der Waals surface area contributed by atoms with E-state index in [2.05, 4.69) is 40.7 Å². The van der Waals surface area contributed by atoms with Gasteiger partial charge in [-0.1, -0.05) is 80.4 Å². The zero-order valence-electron chi connectivity index (χ0n) is 20.9. The summed E-state index contributed by atoms with van der Waals surface area (Å²) in [6.07, 6.45) is 16.0. The molecule has 3 saturated carbocycles. The average Bonchev–Trinajstić information content (AvgIpc) is 3.08. The molecule has 8 unspecified atom stereocenters. The molecular formula is C28H52. The largest absolute Gasteiger partial charge is 0.0819 e. The quantitative estimate of drug-likeness (QED) is 0.413. The van der Waals surface area contributed by atoms with Crippen molar-refractivity contribution in [3.05, 3.63) is 11.6 Å². The van der Waals surface area contributed by atoms with E-state index in [9.17, 15) is 0 Å². The van der Waals surface area contributed by atoms with E-state index >= 15 is 0 Å². The minimum atomic E-state index is 0.561. The molecule has 0 bridgehead atoms. The van der Waals surface area contributed by atoms with Crippen LogP contribution in [0.25, 0.3) is 0 Å². The standard InChI is InChI=1S/C24H40.2C2H6/c1-6-17(3)20-9-10-21-19-8-7-18-15-16(2)11-13-23(18,4)22(19)12-14-24(20,21)5;2*1-2/h15-17,19-22H,6-14H2,1-5H3;2*1-2H3. The fraction of sp³-hybridized carbons (Fsp3) is 0.929. The molecule has 0 aromatic carbocycles. The van der Waals surface area contributed by atoms with Crippen LogP contribution in [0.4, 0.5) is 0 Å². The summed E-state index contributed by atoms with van der Waals surface area (Å²) in [5.41, 5.74) is 3.09. The number of hydrogen-bond acceptors (Lipinski definition) is 0. The van der Waals surface area contributed by atoms with E-state index < -0.39 is 0 Å². The maximum absolute atomic E-state index is 2.70. The first-order valence-corrected chi connectivity index (χ1v) is 13.1. The molecule has 0 aliphatic heterocycles. The van der Waals surface area contributed by atoms with Gasteiger partial charge in [-0.2, -0.15) is 0 Å². The predicted molar refractivity (Wildman–Crippen MR) is 127 cm³/mol. The van der Waals surface area contributed by atoms with E-state index in [0.717, 1.165) is 35.5 Å². The average molecular weight is 389 g/mol. The molecule has 164 valence electrons. The smallest absolute Gasteiger partial charge is 0.00851 e. The van der Waals surface area contributed by atoms with Crippen LogP contribution in [0.15, 0.2) is 11.6 Å². The van der Waals surface area contributed by atoms with Crippen molar-refractivity contribution < 1.29 is 0 Å². The van der Waals surface area contributed by atoms with Crippen molar-refractivity contribution in [2.75, 3.05) is 0 Å². The number of rotatable bonds is 2. The summed E-state index contributed by atoms with van der Waals surface area (Å²) in [5, 5.41) is 0. The SMILES string of the molecule is CC.CC.CCC(C)C1CCC2C3CCC4=CC(C)CCC4(C)C3CCC12C. The summed E-state index contributed by atoms with van der Waals surface area (Å²) in [6, 6.07) is 0. The molecule has 0 amide bonds. The maximum atomic E-state index is 2.70. The number of hydrogen-bond donors (Lipinski definition) is 0. The van der Waals surface area contributed by atoms with Crippen molar-refractivity contribution in [3.8, 4) is 0 Å². The van der Waals surface area contributed by atoms with Gasteiger partial charge in [-0.05, 0) is 97.7 Å². The van der Waals surface area contributed by atoms with Gasteiger partial charge in [-0.3, -0.25) is 0 Å². The van der Waals surface area contributed by atoms with E-state index in [1.807, 2.05) is 33.3 Å². The number of allylic oxidation sites excluding steroid dienone is 2. The van der Waals surface area contributed by atoms with E-state index in [4.69, 9.17) is 0 Å². The van der Waals surface area contributed by atoms with Gasteiger partial charge in [-0.15, -0.1) is 0 Å². The summed E-state index contributed by atoms with van der Waals surface area (Å²) >= 11 is 0. The zero-order valence-corrected chi connectivity index (χ0v) is 20.9. The Balaban J connectivity index is 0.000000660. The third kappa shape index (κ3) is 3.88. The molecule has 0 saturated heterocycles. The Kier molecular flexibility index (Phi) is 8.32. The van der Waals surface area contributed by atoms with Gasteiger partial charge in [0, 0.05) is 0 Å². The van der Waals surface area contributed by atoms with Crippen molar-refractivity contribution in [2.45, 2.75) is 120 Å². The highest BCUT2D eigenvalue weighted by Crippen LogP contribution is 2.67. The van der Waals surface area contributed by atoms with E-state index in [-0.39, 0.29) is 0 Å². The highest BCUT2D eigenvalue weighted by atomic mass is 14.6. The second kappa shape index (κ2) is 9.70. The summed E-state index contributed by atoms with van der Waals surface area (Å²) < 4.78 is 0. The van der Waals surface area contributed by atoms with Crippen LogP contribution in [0.5, 0.6) is 0 Å². The molecule has 0 heteroatoms. The Morgan fingerprint density at radius 3 is 2.25 bits per heavy atom. The van der Waals surface area contributed by atoms with Gasteiger partial charge in [0.1, 0.15) is 0 Å². The molecule has 0 heterocycles. The van der Waals surface area contributed by atoms with Crippen LogP contribution in [-0.2, 0) is 0 Å². The van der Waals surface area contributed by atoms with Crippen molar-refractivity contribution >= 4 is 0 Å². The van der Waals surface area contributed by atoms with Crippen LogP contribution in [0.1, 0.15) is 120 Å². The molecule has 0 N–H and O–H groups in total. The Hall–Kier alpha value is -0.260. The van der Waals surface area contributed by atoms with Crippen LogP contribution in [0, 0.1) is 46.3 Å². The molecule has 28 heavy (non-hydrogen) atoms. The molecule has 3 fully saturated rings. The minimum Gasteiger partial charge on any atom is -0.0819 e. The fourth-order valence-corrected chi connectivity index (χ4v) is 8.16. The highest BCUT2D eigenvalue weighted by molar-refractivity contribution is 5.24. The molecular weight excluding hydrogens is 336 g/mol. The van der Waals surface area contributed by atoms with Crippen molar-refractivity contribution in [1.29, 1.82) is 0 Å². The van der Waals surface area contributed by atoms with Crippen molar-refractivity contribution in [2.24, 2.45) is 46.3 Å². The Bertz CT molecular complexity index is 516. The van der Waals surface area contributed by atoms with Crippen LogP contribution >= 0.6 is 0 Å². The zero-order chi connectivity index (χ0) is 21.1. The number of fused-ring (bicyclic) bond motifs is 5. The van der Waals surface area contributed by atoms with Gasteiger partial charge in [-0.25, -0.2) is 0 Å². The maximum Gasteiger partial charge on any atom is -0.00851 e. The fourth-order valence-electron chi connectivity index (χ4n) is 8.16. The van der Waals surface area contributed by atoms with Gasteiger partial charge in [0.25, 0.3) is 0 Å². The Morgan fingerprint density at radius 1 is 0.929 bits per heavy atom. The lowest BCUT2D eigenvalue weighted by atomic mass is 9.46. The first kappa shape index (κ1) is 24.0. The molecule has 0 aromatic rings. The highest BCUT2D eigenvalue weighted by Gasteiger charge is 2.59. The van der Waals surface area contributed by atoms with Gasteiger partial charge < -0.3 is 0 Å². The lowest BCUT2D eigenvalue weighted by Crippen LogP contribution is -2.50. The molecule has 0 nitrogen and oxygen atoms in total. The van der Waals surface area contributed by atoms with Crippen LogP contribution in [0.3, 0.4) is 0 Å². The normalized spacial score (nSPS) is 45.0. The summed E-state index contributed by atoms with van der Waals surface area (Å²) in [4.78, 5) is 0. The summed E-state index contributed by atoms with van der Waals surface area (Å²) in [7, 11) is 0. The lowest BCUT2D eigenvalue weighted by Gasteiger charge is -2.59. The van der Waals surface area contributed by atoms with E-state index in [1.165, 1.54) is 57.8 Å².